The molecule has 7 heteroatoms. The molecule has 0 radical (unpaired) electrons. The summed E-state index contributed by atoms with van der Waals surface area (Å²) in [5.74, 6) is 0.0104. The van der Waals surface area contributed by atoms with Crippen LogP contribution in [0.3, 0.4) is 0 Å². The molecule has 2 N–H and O–H groups in total. The summed E-state index contributed by atoms with van der Waals surface area (Å²) in [6.45, 7) is 7.79. The molecule has 1 aliphatic heterocycles. The predicted molar refractivity (Wildman–Crippen MR) is 118 cm³/mol. The van der Waals surface area contributed by atoms with E-state index in [1.807, 2.05) is 25.1 Å². The maximum absolute atomic E-state index is 11.5. The van der Waals surface area contributed by atoms with Gasteiger partial charge in [0.1, 0.15) is 5.82 Å². The second kappa shape index (κ2) is 8.90. The van der Waals surface area contributed by atoms with Crippen LogP contribution in [0, 0.1) is 12.3 Å². The molecule has 5 nitrogen and oxygen atoms in total. The number of carboxylic acid groups (broad SMARTS) is 1. The van der Waals surface area contributed by atoms with E-state index in [1.54, 1.807) is 13.1 Å². The van der Waals surface area contributed by atoms with Crippen LogP contribution in [-0.2, 0) is 11.3 Å². The van der Waals surface area contributed by atoms with Crippen molar-refractivity contribution in [2.75, 3.05) is 18.4 Å². The SMILES string of the molecule is CCC(Nc1cc(CN2CCC(C)(C(=O)O)C2)c(Cl)cn1)c1ccc(Cl)c(C)c1. The van der Waals surface area contributed by atoms with Crippen molar-refractivity contribution in [2.45, 2.75) is 46.2 Å². The third-order valence-corrected chi connectivity index (χ3v) is 6.48. The molecule has 1 saturated heterocycles. The first-order valence-electron chi connectivity index (χ1n) is 9.84. The van der Waals surface area contributed by atoms with Gasteiger partial charge < -0.3 is 10.4 Å². The Labute approximate surface area is 182 Å². The van der Waals surface area contributed by atoms with Crippen molar-refractivity contribution in [3.05, 3.63) is 57.2 Å². The fourth-order valence-electron chi connectivity index (χ4n) is 3.77. The average Bonchev–Trinajstić information content (AvgIpc) is 3.07. The molecule has 2 heterocycles. The summed E-state index contributed by atoms with van der Waals surface area (Å²) in [6, 6.07) is 8.12. The molecule has 2 unspecified atom stereocenters. The lowest BCUT2D eigenvalue weighted by molar-refractivity contribution is -0.147. The first-order valence-corrected chi connectivity index (χ1v) is 10.6. The zero-order chi connectivity index (χ0) is 21.2. The van der Waals surface area contributed by atoms with Gasteiger partial charge in [-0.25, -0.2) is 4.98 Å². The number of anilines is 1. The molecule has 156 valence electrons. The monoisotopic (exact) mass is 435 g/mol. The highest BCUT2D eigenvalue weighted by molar-refractivity contribution is 6.31. The number of halogens is 2. The minimum atomic E-state index is -0.743. The van der Waals surface area contributed by atoms with Crippen LogP contribution in [0.4, 0.5) is 5.82 Å². The number of aryl methyl sites for hydroxylation is 1. The fourth-order valence-corrected chi connectivity index (χ4v) is 4.05. The van der Waals surface area contributed by atoms with Gasteiger partial charge in [0.15, 0.2) is 0 Å². The molecule has 3 rings (SSSR count). The molecule has 29 heavy (non-hydrogen) atoms. The van der Waals surface area contributed by atoms with Gasteiger partial charge >= 0.3 is 5.97 Å². The van der Waals surface area contributed by atoms with Gasteiger partial charge in [-0.2, -0.15) is 0 Å². The summed E-state index contributed by atoms with van der Waals surface area (Å²) in [5, 5.41) is 14.3. The second-order valence-electron chi connectivity index (χ2n) is 8.10. The van der Waals surface area contributed by atoms with Crippen LogP contribution in [0.2, 0.25) is 10.0 Å². The quantitative estimate of drug-likeness (QED) is 0.595. The Balaban J connectivity index is 1.74. The maximum atomic E-state index is 11.5. The van der Waals surface area contributed by atoms with Gasteiger partial charge in [-0.05, 0) is 62.1 Å². The second-order valence-corrected chi connectivity index (χ2v) is 8.92. The minimum Gasteiger partial charge on any atom is -0.481 e. The molecule has 0 amide bonds. The van der Waals surface area contributed by atoms with E-state index in [2.05, 4.69) is 28.2 Å². The summed E-state index contributed by atoms with van der Waals surface area (Å²) < 4.78 is 0. The van der Waals surface area contributed by atoms with Gasteiger partial charge in [0.2, 0.25) is 0 Å². The molecule has 0 bridgehead atoms. The summed E-state index contributed by atoms with van der Waals surface area (Å²) >= 11 is 12.5. The molecule has 1 aromatic carbocycles. The topological polar surface area (TPSA) is 65.5 Å². The van der Waals surface area contributed by atoms with Crippen LogP contribution in [0.1, 0.15) is 49.4 Å². The summed E-state index contributed by atoms with van der Waals surface area (Å²) in [7, 11) is 0. The van der Waals surface area contributed by atoms with Gasteiger partial charge in [-0.1, -0.05) is 42.3 Å². The Hall–Kier alpha value is -1.82. The lowest BCUT2D eigenvalue weighted by Crippen LogP contribution is -2.31. The zero-order valence-electron chi connectivity index (χ0n) is 17.0. The Kier molecular flexibility index (Phi) is 6.72. The number of likely N-dealkylation sites (tertiary alicyclic amines) is 1. The average molecular weight is 436 g/mol. The van der Waals surface area contributed by atoms with Crippen LogP contribution >= 0.6 is 23.2 Å². The van der Waals surface area contributed by atoms with Crippen LogP contribution in [0.25, 0.3) is 0 Å². The molecule has 0 spiro atoms. The number of aliphatic carboxylic acids is 1. The number of aromatic nitrogens is 1. The van der Waals surface area contributed by atoms with E-state index in [-0.39, 0.29) is 6.04 Å². The Morgan fingerprint density at radius 3 is 2.72 bits per heavy atom. The van der Waals surface area contributed by atoms with Crippen LogP contribution in [0.15, 0.2) is 30.5 Å². The van der Waals surface area contributed by atoms with Crippen molar-refractivity contribution in [1.29, 1.82) is 0 Å². The lowest BCUT2D eigenvalue weighted by Gasteiger charge is -2.22. The molecule has 1 aliphatic rings. The third-order valence-electron chi connectivity index (χ3n) is 5.71. The zero-order valence-corrected chi connectivity index (χ0v) is 18.5. The first-order chi connectivity index (χ1) is 13.7. The van der Waals surface area contributed by atoms with Crippen molar-refractivity contribution >= 4 is 35.0 Å². The molecule has 2 aromatic rings. The largest absolute Gasteiger partial charge is 0.481 e. The van der Waals surface area contributed by atoms with Crippen molar-refractivity contribution in [1.82, 2.24) is 9.88 Å². The first kappa shape index (κ1) is 21.9. The van der Waals surface area contributed by atoms with Gasteiger partial charge in [0.05, 0.1) is 16.5 Å². The molecule has 1 aromatic heterocycles. The van der Waals surface area contributed by atoms with Gasteiger partial charge in [0, 0.05) is 24.3 Å². The predicted octanol–water partition coefficient (Wildman–Crippen LogP) is 5.56. The highest BCUT2D eigenvalue weighted by Gasteiger charge is 2.40. The Bertz CT molecular complexity index is 906. The maximum Gasteiger partial charge on any atom is 0.310 e. The van der Waals surface area contributed by atoms with E-state index in [4.69, 9.17) is 23.2 Å². The number of nitrogens with zero attached hydrogens (tertiary/aromatic N) is 2. The summed E-state index contributed by atoms with van der Waals surface area (Å²) in [4.78, 5) is 18.1. The molecule has 1 fully saturated rings. The Morgan fingerprint density at radius 1 is 1.34 bits per heavy atom. The third kappa shape index (κ3) is 5.03. The number of hydrogen-bond acceptors (Lipinski definition) is 4. The minimum absolute atomic E-state index is 0.106. The normalized spacial score (nSPS) is 20.6. The highest BCUT2D eigenvalue weighted by atomic mass is 35.5. The summed E-state index contributed by atoms with van der Waals surface area (Å²) in [6.07, 6.45) is 3.19. The number of carbonyl (C=O) groups is 1. The van der Waals surface area contributed by atoms with Crippen LogP contribution < -0.4 is 5.32 Å². The Morgan fingerprint density at radius 2 is 2.10 bits per heavy atom. The van der Waals surface area contributed by atoms with Crippen molar-refractivity contribution < 1.29 is 9.90 Å². The standard InChI is InChI=1S/C22H27Cl2N3O2/c1-4-19(15-5-6-17(23)14(2)9-15)26-20-10-16(18(24)11-25-20)12-27-8-7-22(3,13-27)21(28)29/h5-6,9-11,19H,4,7-8,12-13H2,1-3H3,(H,25,26)(H,28,29). The number of nitrogens with one attached hydrogen (secondary N) is 1. The van der Waals surface area contributed by atoms with E-state index in [0.717, 1.165) is 40.5 Å². The van der Waals surface area contributed by atoms with Crippen LogP contribution in [0.5, 0.6) is 0 Å². The molecule has 0 aliphatic carbocycles. The van der Waals surface area contributed by atoms with Gasteiger partial charge in [-0.3, -0.25) is 9.69 Å². The van der Waals surface area contributed by atoms with Gasteiger partial charge in [-0.15, -0.1) is 0 Å². The molecular weight excluding hydrogens is 409 g/mol. The van der Waals surface area contributed by atoms with Crippen molar-refractivity contribution in [2.24, 2.45) is 5.41 Å². The molecular formula is C22H27Cl2N3O2. The highest BCUT2D eigenvalue weighted by Crippen LogP contribution is 2.33. The number of carboxylic acids is 1. The van der Waals surface area contributed by atoms with E-state index in [1.165, 1.54) is 0 Å². The molecule has 2 atom stereocenters. The number of benzene rings is 1. The fraction of sp³-hybridized carbons (Fsp3) is 0.455. The lowest BCUT2D eigenvalue weighted by atomic mass is 9.90. The van der Waals surface area contributed by atoms with E-state index >= 15 is 0 Å². The number of pyridine rings is 1. The van der Waals surface area contributed by atoms with Crippen molar-refractivity contribution in [3.63, 3.8) is 0 Å². The summed E-state index contributed by atoms with van der Waals surface area (Å²) in [5.41, 5.74) is 2.45. The molecule has 0 saturated carbocycles. The van der Waals surface area contributed by atoms with E-state index < -0.39 is 11.4 Å². The van der Waals surface area contributed by atoms with Gasteiger partial charge in [0.25, 0.3) is 0 Å². The smallest absolute Gasteiger partial charge is 0.310 e. The van der Waals surface area contributed by atoms with E-state index in [0.29, 0.717) is 24.5 Å². The van der Waals surface area contributed by atoms with Crippen LogP contribution in [-0.4, -0.2) is 34.0 Å². The van der Waals surface area contributed by atoms with Crippen molar-refractivity contribution in [3.8, 4) is 0 Å². The van der Waals surface area contributed by atoms with E-state index in [9.17, 15) is 9.90 Å². The number of rotatable bonds is 7. The number of hydrogen-bond donors (Lipinski definition) is 2.